The topological polar surface area (TPSA) is 59.8 Å². The van der Waals surface area contributed by atoms with Crippen LogP contribution in [-0.4, -0.2) is 65.9 Å². The summed E-state index contributed by atoms with van der Waals surface area (Å²) in [7, 11) is 3.17. The summed E-state index contributed by atoms with van der Waals surface area (Å²) in [6.07, 6.45) is 2.12. The molecule has 2 aromatic rings. The Balaban J connectivity index is 1.61. The highest BCUT2D eigenvalue weighted by atomic mass is 16.5. The second-order valence-electron chi connectivity index (χ2n) is 6.73. The molecule has 1 fully saturated rings. The number of carbonyl (C=O) groups excluding carboxylic acids is 1. The van der Waals surface area contributed by atoms with Crippen LogP contribution in [0.2, 0.25) is 0 Å². The molecule has 0 spiro atoms. The number of nitrogens with zero attached hydrogens (tertiary/aromatic N) is 4. The summed E-state index contributed by atoms with van der Waals surface area (Å²) in [5.74, 6) is 1.23. The molecule has 1 aliphatic rings. The van der Waals surface area contributed by atoms with Crippen LogP contribution in [0.5, 0.6) is 11.5 Å². The molecule has 27 heavy (non-hydrogen) atoms. The molecule has 7 nitrogen and oxygen atoms in total. The zero-order valence-electron chi connectivity index (χ0n) is 16.6. The Morgan fingerprint density at radius 3 is 2.48 bits per heavy atom. The van der Waals surface area contributed by atoms with E-state index < -0.39 is 0 Å². The van der Waals surface area contributed by atoms with Crippen LogP contribution in [0.3, 0.4) is 0 Å². The van der Waals surface area contributed by atoms with Crippen molar-refractivity contribution >= 4 is 5.91 Å². The van der Waals surface area contributed by atoms with Gasteiger partial charge in [-0.3, -0.25) is 14.4 Å². The van der Waals surface area contributed by atoms with Gasteiger partial charge in [0, 0.05) is 57.1 Å². The Labute approximate surface area is 160 Å². The Bertz CT molecular complexity index is 795. The maximum atomic E-state index is 12.9. The van der Waals surface area contributed by atoms with Crippen LogP contribution < -0.4 is 9.47 Å². The number of carbonyl (C=O) groups is 1. The normalized spacial score (nSPS) is 15.0. The molecular weight excluding hydrogens is 344 g/mol. The third-order valence-electron chi connectivity index (χ3n) is 5.06. The highest BCUT2D eigenvalue weighted by Crippen LogP contribution is 2.26. The monoisotopic (exact) mass is 372 g/mol. The molecule has 0 unspecified atom stereocenters. The standard InChI is InChI=1S/C20H28N4O3/c1-5-24-14-16(15(2)21-24)13-22-8-10-23(11-9-22)20(25)18-7-6-17(26-3)12-19(18)27-4/h6-7,12,14H,5,8-11,13H2,1-4H3. The van der Waals surface area contributed by atoms with Gasteiger partial charge >= 0.3 is 0 Å². The number of rotatable bonds is 6. The Kier molecular flexibility index (Phi) is 6.01. The van der Waals surface area contributed by atoms with Crippen LogP contribution in [0.1, 0.15) is 28.5 Å². The summed E-state index contributed by atoms with van der Waals surface area (Å²) in [6, 6.07) is 5.31. The van der Waals surface area contributed by atoms with Crippen LogP contribution in [0.4, 0.5) is 0 Å². The molecule has 3 rings (SSSR count). The number of ether oxygens (including phenoxy) is 2. The molecule has 0 N–H and O–H groups in total. The van der Waals surface area contributed by atoms with E-state index >= 15 is 0 Å². The first kappa shape index (κ1) is 19.2. The number of benzene rings is 1. The quantitative estimate of drug-likeness (QED) is 0.778. The van der Waals surface area contributed by atoms with Gasteiger partial charge in [-0.15, -0.1) is 0 Å². The van der Waals surface area contributed by atoms with E-state index in [2.05, 4.69) is 30.0 Å². The molecule has 7 heteroatoms. The van der Waals surface area contributed by atoms with E-state index in [4.69, 9.17) is 9.47 Å². The fraction of sp³-hybridized carbons (Fsp3) is 0.500. The van der Waals surface area contributed by atoms with Gasteiger partial charge in [0.2, 0.25) is 0 Å². The minimum atomic E-state index is 0.00383. The molecule has 1 aliphatic heterocycles. The molecule has 1 aromatic carbocycles. The lowest BCUT2D eigenvalue weighted by molar-refractivity contribution is 0.0625. The summed E-state index contributed by atoms with van der Waals surface area (Å²) in [5.41, 5.74) is 2.92. The summed E-state index contributed by atoms with van der Waals surface area (Å²) < 4.78 is 12.6. The maximum absolute atomic E-state index is 12.9. The molecule has 0 aliphatic carbocycles. The summed E-state index contributed by atoms with van der Waals surface area (Å²) in [5, 5.41) is 4.51. The van der Waals surface area contributed by atoms with Crippen molar-refractivity contribution in [3.05, 3.63) is 41.2 Å². The third-order valence-corrected chi connectivity index (χ3v) is 5.06. The minimum Gasteiger partial charge on any atom is -0.497 e. The molecule has 0 atom stereocenters. The van der Waals surface area contributed by atoms with Crippen molar-refractivity contribution in [2.45, 2.75) is 26.9 Å². The second kappa shape index (κ2) is 8.43. The van der Waals surface area contributed by atoms with Crippen molar-refractivity contribution in [3.8, 4) is 11.5 Å². The molecule has 146 valence electrons. The van der Waals surface area contributed by atoms with E-state index in [9.17, 15) is 4.79 Å². The average Bonchev–Trinajstić information content (AvgIpc) is 3.07. The van der Waals surface area contributed by atoms with Gasteiger partial charge in [-0.05, 0) is 26.0 Å². The van der Waals surface area contributed by atoms with E-state index in [1.165, 1.54) is 5.56 Å². The lowest BCUT2D eigenvalue weighted by Crippen LogP contribution is -2.48. The second-order valence-corrected chi connectivity index (χ2v) is 6.73. The van der Waals surface area contributed by atoms with E-state index in [1.54, 1.807) is 32.4 Å². The number of hydrogen-bond acceptors (Lipinski definition) is 5. The smallest absolute Gasteiger partial charge is 0.257 e. The first-order chi connectivity index (χ1) is 13.0. The van der Waals surface area contributed by atoms with Crippen LogP contribution >= 0.6 is 0 Å². The van der Waals surface area contributed by atoms with Gasteiger partial charge in [-0.2, -0.15) is 5.10 Å². The fourth-order valence-corrected chi connectivity index (χ4v) is 3.37. The number of aromatic nitrogens is 2. The van der Waals surface area contributed by atoms with Gasteiger partial charge in [0.05, 0.1) is 25.5 Å². The number of aryl methyl sites for hydroxylation is 2. The molecule has 0 bridgehead atoms. The van der Waals surface area contributed by atoms with E-state index in [1.807, 2.05) is 9.58 Å². The SMILES string of the molecule is CCn1cc(CN2CCN(C(=O)c3ccc(OC)cc3OC)CC2)c(C)n1. The van der Waals surface area contributed by atoms with Crippen LogP contribution in [0.15, 0.2) is 24.4 Å². The minimum absolute atomic E-state index is 0.00383. The molecule has 0 saturated carbocycles. The van der Waals surface area contributed by atoms with Crippen molar-refractivity contribution in [1.29, 1.82) is 0 Å². The predicted octanol–water partition coefficient (Wildman–Crippen LogP) is 2.19. The average molecular weight is 372 g/mol. The first-order valence-electron chi connectivity index (χ1n) is 9.32. The summed E-state index contributed by atoms with van der Waals surface area (Å²) >= 11 is 0. The molecule has 1 aromatic heterocycles. The molecule has 1 saturated heterocycles. The maximum Gasteiger partial charge on any atom is 0.257 e. The Morgan fingerprint density at radius 1 is 1.15 bits per heavy atom. The molecule has 1 amide bonds. The van der Waals surface area contributed by atoms with Crippen molar-refractivity contribution in [2.24, 2.45) is 0 Å². The Morgan fingerprint density at radius 2 is 1.89 bits per heavy atom. The van der Waals surface area contributed by atoms with E-state index in [0.29, 0.717) is 30.2 Å². The predicted molar refractivity (Wildman–Crippen MR) is 103 cm³/mol. The highest BCUT2D eigenvalue weighted by Gasteiger charge is 2.25. The third kappa shape index (κ3) is 4.24. The van der Waals surface area contributed by atoms with Crippen molar-refractivity contribution in [3.63, 3.8) is 0 Å². The Hall–Kier alpha value is -2.54. The van der Waals surface area contributed by atoms with Gasteiger partial charge in [-0.1, -0.05) is 0 Å². The molecule has 0 radical (unpaired) electrons. The summed E-state index contributed by atoms with van der Waals surface area (Å²) in [6.45, 7) is 9.00. The van der Waals surface area contributed by atoms with Gasteiger partial charge in [0.1, 0.15) is 11.5 Å². The van der Waals surface area contributed by atoms with Crippen molar-refractivity contribution in [1.82, 2.24) is 19.6 Å². The molecular formula is C20H28N4O3. The number of hydrogen-bond donors (Lipinski definition) is 0. The first-order valence-corrected chi connectivity index (χ1v) is 9.32. The van der Waals surface area contributed by atoms with Crippen molar-refractivity contribution in [2.75, 3.05) is 40.4 Å². The van der Waals surface area contributed by atoms with Gasteiger partial charge in [-0.25, -0.2) is 0 Å². The number of methoxy groups -OCH3 is 2. The van der Waals surface area contributed by atoms with Crippen molar-refractivity contribution < 1.29 is 14.3 Å². The van der Waals surface area contributed by atoms with Gasteiger partial charge in [0.15, 0.2) is 0 Å². The lowest BCUT2D eigenvalue weighted by Gasteiger charge is -2.34. The lowest BCUT2D eigenvalue weighted by atomic mass is 10.1. The van der Waals surface area contributed by atoms with Crippen LogP contribution in [0, 0.1) is 6.92 Å². The fourth-order valence-electron chi connectivity index (χ4n) is 3.37. The summed E-state index contributed by atoms with van der Waals surface area (Å²) in [4.78, 5) is 17.2. The zero-order chi connectivity index (χ0) is 19.4. The molecule has 2 heterocycles. The van der Waals surface area contributed by atoms with Crippen LogP contribution in [0.25, 0.3) is 0 Å². The number of piperazine rings is 1. The van der Waals surface area contributed by atoms with Gasteiger partial charge in [0.25, 0.3) is 5.91 Å². The highest BCUT2D eigenvalue weighted by molar-refractivity contribution is 5.97. The largest absolute Gasteiger partial charge is 0.497 e. The number of amides is 1. The van der Waals surface area contributed by atoms with Crippen LogP contribution in [-0.2, 0) is 13.1 Å². The van der Waals surface area contributed by atoms with E-state index in [0.717, 1.165) is 31.9 Å². The zero-order valence-corrected chi connectivity index (χ0v) is 16.6. The van der Waals surface area contributed by atoms with E-state index in [-0.39, 0.29) is 5.91 Å². The van der Waals surface area contributed by atoms with Gasteiger partial charge < -0.3 is 14.4 Å².